The highest BCUT2D eigenvalue weighted by atomic mass is 16.2. The molecular formula is C19H27N3O2. The van der Waals surface area contributed by atoms with Gasteiger partial charge >= 0.3 is 0 Å². The summed E-state index contributed by atoms with van der Waals surface area (Å²) in [5.74, 6) is -0.0781. The second-order valence-electron chi connectivity index (χ2n) is 6.98. The molecule has 1 N–H and O–H groups in total. The van der Waals surface area contributed by atoms with Crippen LogP contribution in [0.1, 0.15) is 30.9 Å². The number of carbonyl (C=O) groups excluding carboxylic acids is 2. The average molecular weight is 329 g/mol. The topological polar surface area (TPSA) is 52.7 Å². The molecule has 0 spiro atoms. The van der Waals surface area contributed by atoms with Crippen molar-refractivity contribution in [1.29, 1.82) is 0 Å². The van der Waals surface area contributed by atoms with Gasteiger partial charge in [-0.3, -0.25) is 9.59 Å². The van der Waals surface area contributed by atoms with Gasteiger partial charge in [0.15, 0.2) is 0 Å². The zero-order valence-electron chi connectivity index (χ0n) is 14.7. The van der Waals surface area contributed by atoms with Crippen molar-refractivity contribution in [2.75, 3.05) is 32.7 Å². The van der Waals surface area contributed by atoms with Gasteiger partial charge in [0.25, 0.3) is 0 Å². The second-order valence-corrected chi connectivity index (χ2v) is 6.98. The molecule has 0 radical (unpaired) electrons. The van der Waals surface area contributed by atoms with Crippen molar-refractivity contribution in [3.63, 3.8) is 0 Å². The van der Waals surface area contributed by atoms with Gasteiger partial charge in [0.1, 0.15) is 5.41 Å². The third-order valence-corrected chi connectivity index (χ3v) is 5.27. The molecule has 5 heteroatoms. The van der Waals surface area contributed by atoms with Crippen molar-refractivity contribution in [2.45, 2.75) is 33.2 Å². The summed E-state index contributed by atoms with van der Waals surface area (Å²) < 4.78 is 0. The summed E-state index contributed by atoms with van der Waals surface area (Å²) in [5.41, 5.74) is 1.47. The number of piperazine rings is 1. The molecule has 0 atom stereocenters. The molecule has 1 saturated heterocycles. The van der Waals surface area contributed by atoms with Crippen molar-refractivity contribution in [2.24, 2.45) is 5.41 Å². The molecule has 1 aliphatic carbocycles. The van der Waals surface area contributed by atoms with Gasteiger partial charge in [-0.2, -0.15) is 0 Å². The maximum atomic E-state index is 12.8. The first-order valence-electron chi connectivity index (χ1n) is 8.91. The van der Waals surface area contributed by atoms with Crippen molar-refractivity contribution in [3.8, 4) is 0 Å². The van der Waals surface area contributed by atoms with E-state index in [1.165, 1.54) is 5.56 Å². The van der Waals surface area contributed by atoms with E-state index in [1.54, 1.807) is 0 Å². The number of hydrogen-bond donors (Lipinski definition) is 1. The van der Waals surface area contributed by atoms with Crippen LogP contribution in [0.15, 0.2) is 24.3 Å². The monoisotopic (exact) mass is 329 g/mol. The summed E-state index contributed by atoms with van der Waals surface area (Å²) in [6, 6.07) is 8.10. The van der Waals surface area contributed by atoms with E-state index in [-0.39, 0.29) is 11.8 Å². The summed E-state index contributed by atoms with van der Waals surface area (Å²) in [5, 5.41) is 2.96. The molecule has 5 nitrogen and oxygen atoms in total. The second kappa shape index (κ2) is 6.93. The van der Waals surface area contributed by atoms with Crippen LogP contribution in [0.25, 0.3) is 0 Å². The molecular weight excluding hydrogens is 302 g/mol. The summed E-state index contributed by atoms with van der Waals surface area (Å²) in [6.45, 7) is 8.96. The van der Waals surface area contributed by atoms with Crippen LogP contribution in [-0.4, -0.2) is 54.3 Å². The lowest BCUT2D eigenvalue weighted by molar-refractivity contribution is -0.145. The predicted octanol–water partition coefficient (Wildman–Crippen LogP) is 1.56. The van der Waals surface area contributed by atoms with Crippen molar-refractivity contribution in [1.82, 2.24) is 15.1 Å². The first-order chi connectivity index (χ1) is 11.5. The Labute approximate surface area is 144 Å². The third kappa shape index (κ3) is 3.46. The summed E-state index contributed by atoms with van der Waals surface area (Å²) in [4.78, 5) is 29.6. The third-order valence-electron chi connectivity index (χ3n) is 5.27. The smallest absolute Gasteiger partial charge is 0.238 e. The van der Waals surface area contributed by atoms with Crippen molar-refractivity contribution in [3.05, 3.63) is 35.4 Å². The molecule has 1 aromatic carbocycles. The standard InChI is InChI=1S/C19H27N3O2/c1-3-21-10-12-22(13-11-21)18(24)19(8-9-19)17(23)20-14-16-6-4-15(2)5-7-16/h4-7H,3,8-14H2,1-2H3,(H,20,23). The number of aryl methyl sites for hydroxylation is 1. The van der Waals surface area contributed by atoms with E-state index in [1.807, 2.05) is 36.1 Å². The van der Waals surface area contributed by atoms with Crippen molar-refractivity contribution >= 4 is 11.8 Å². The number of rotatable bonds is 5. The van der Waals surface area contributed by atoms with Gasteiger partial charge < -0.3 is 15.1 Å². The maximum Gasteiger partial charge on any atom is 0.238 e. The molecule has 1 heterocycles. The highest BCUT2D eigenvalue weighted by molar-refractivity contribution is 6.07. The van der Waals surface area contributed by atoms with Crippen LogP contribution in [0.4, 0.5) is 0 Å². The van der Waals surface area contributed by atoms with Crippen LogP contribution < -0.4 is 5.32 Å². The Kier molecular flexibility index (Phi) is 4.90. The van der Waals surface area contributed by atoms with E-state index in [0.29, 0.717) is 19.4 Å². The zero-order chi connectivity index (χ0) is 17.2. The molecule has 130 valence electrons. The molecule has 1 aliphatic heterocycles. The lowest BCUT2D eigenvalue weighted by atomic mass is 10.0. The van der Waals surface area contributed by atoms with Gasteiger partial charge in [-0.25, -0.2) is 0 Å². The van der Waals surface area contributed by atoms with E-state index < -0.39 is 5.41 Å². The number of carbonyl (C=O) groups is 2. The fourth-order valence-corrected chi connectivity index (χ4v) is 3.29. The highest BCUT2D eigenvalue weighted by Crippen LogP contribution is 2.47. The lowest BCUT2D eigenvalue weighted by Gasteiger charge is -2.35. The predicted molar refractivity (Wildman–Crippen MR) is 93.4 cm³/mol. The first kappa shape index (κ1) is 17.0. The molecule has 0 aromatic heterocycles. The molecule has 24 heavy (non-hydrogen) atoms. The van der Waals surface area contributed by atoms with Crippen LogP contribution in [-0.2, 0) is 16.1 Å². The van der Waals surface area contributed by atoms with Crippen LogP contribution in [0.2, 0.25) is 0 Å². The fraction of sp³-hybridized carbons (Fsp3) is 0.579. The minimum Gasteiger partial charge on any atom is -0.351 e. The van der Waals surface area contributed by atoms with Gasteiger partial charge in [0.05, 0.1) is 0 Å². The minimum atomic E-state index is -0.793. The zero-order valence-corrected chi connectivity index (χ0v) is 14.7. The quantitative estimate of drug-likeness (QED) is 0.834. The number of hydrogen-bond acceptors (Lipinski definition) is 3. The van der Waals surface area contributed by atoms with E-state index >= 15 is 0 Å². The van der Waals surface area contributed by atoms with E-state index in [9.17, 15) is 9.59 Å². The Balaban J connectivity index is 1.56. The molecule has 0 unspecified atom stereocenters. The maximum absolute atomic E-state index is 12.8. The Morgan fingerprint density at radius 3 is 2.25 bits per heavy atom. The number of amides is 2. The molecule has 2 aliphatic rings. The molecule has 1 aromatic rings. The lowest BCUT2D eigenvalue weighted by Crippen LogP contribution is -2.53. The van der Waals surface area contributed by atoms with Crippen molar-refractivity contribution < 1.29 is 9.59 Å². The summed E-state index contributed by atoms with van der Waals surface area (Å²) in [7, 11) is 0. The summed E-state index contributed by atoms with van der Waals surface area (Å²) in [6.07, 6.45) is 1.36. The van der Waals surface area contributed by atoms with Crippen LogP contribution >= 0.6 is 0 Å². The van der Waals surface area contributed by atoms with E-state index in [4.69, 9.17) is 0 Å². The average Bonchev–Trinajstić information content (AvgIpc) is 3.42. The number of nitrogens with one attached hydrogen (secondary N) is 1. The van der Waals surface area contributed by atoms with Crippen LogP contribution in [0.3, 0.4) is 0 Å². The van der Waals surface area contributed by atoms with Gasteiger partial charge in [-0.1, -0.05) is 36.8 Å². The van der Waals surface area contributed by atoms with E-state index in [2.05, 4.69) is 17.1 Å². The molecule has 1 saturated carbocycles. The highest BCUT2D eigenvalue weighted by Gasteiger charge is 2.58. The Hall–Kier alpha value is -1.88. The van der Waals surface area contributed by atoms with Gasteiger partial charge in [0.2, 0.25) is 11.8 Å². The van der Waals surface area contributed by atoms with E-state index in [0.717, 1.165) is 38.3 Å². The SMILES string of the molecule is CCN1CCN(C(=O)C2(C(=O)NCc3ccc(C)cc3)CC2)CC1. The molecule has 3 rings (SSSR count). The Morgan fingerprint density at radius 2 is 1.71 bits per heavy atom. The molecule has 2 amide bonds. The number of likely N-dealkylation sites (N-methyl/N-ethyl adjacent to an activating group) is 1. The van der Waals surface area contributed by atoms with Crippen LogP contribution in [0, 0.1) is 12.3 Å². The van der Waals surface area contributed by atoms with Crippen LogP contribution in [0.5, 0.6) is 0 Å². The Morgan fingerprint density at radius 1 is 1.08 bits per heavy atom. The van der Waals surface area contributed by atoms with Gasteiger partial charge in [-0.15, -0.1) is 0 Å². The normalized spacial score (nSPS) is 19.8. The number of nitrogens with zero attached hydrogens (tertiary/aromatic N) is 2. The van der Waals surface area contributed by atoms with Gasteiger partial charge in [-0.05, 0) is 31.9 Å². The Bertz CT molecular complexity index is 600. The molecule has 0 bridgehead atoms. The summed E-state index contributed by atoms with van der Waals surface area (Å²) >= 11 is 0. The fourth-order valence-electron chi connectivity index (χ4n) is 3.29. The first-order valence-corrected chi connectivity index (χ1v) is 8.91. The van der Waals surface area contributed by atoms with Gasteiger partial charge in [0, 0.05) is 32.7 Å². The largest absolute Gasteiger partial charge is 0.351 e. The number of benzene rings is 1. The minimum absolute atomic E-state index is 0.0275. The molecule has 2 fully saturated rings.